The molecule has 0 spiro atoms. The summed E-state index contributed by atoms with van der Waals surface area (Å²) < 4.78 is 5.66. The number of amides is 1. The lowest BCUT2D eigenvalue weighted by molar-refractivity contribution is -0.120. The molecule has 0 aliphatic rings. The van der Waals surface area contributed by atoms with E-state index in [1.807, 2.05) is 49.8 Å². The van der Waals surface area contributed by atoms with E-state index in [0.29, 0.717) is 22.4 Å². The Morgan fingerprint density at radius 3 is 2.48 bits per heavy atom. The van der Waals surface area contributed by atoms with E-state index >= 15 is 0 Å². The number of carbonyl (C=O) groups excluding carboxylic acids is 1. The lowest BCUT2D eigenvalue weighted by atomic mass is 10.2. The predicted octanol–water partition coefficient (Wildman–Crippen LogP) is 4.83. The highest BCUT2D eigenvalue weighted by Gasteiger charge is 2.20. The Bertz CT molecular complexity index is 913. The molecular weight excluding hydrogens is 406 g/mol. The largest absolute Gasteiger partial charge is 0.484 e. The maximum atomic E-state index is 12.9. The number of anilines is 1. The maximum Gasteiger partial charge on any atom is 0.266 e. The van der Waals surface area contributed by atoms with Gasteiger partial charge >= 0.3 is 0 Å². The van der Waals surface area contributed by atoms with E-state index in [1.165, 1.54) is 11.3 Å². The average molecular weight is 430 g/mol. The van der Waals surface area contributed by atoms with Gasteiger partial charge in [0.05, 0.1) is 5.69 Å². The van der Waals surface area contributed by atoms with Gasteiger partial charge < -0.3 is 9.64 Å². The zero-order valence-electron chi connectivity index (χ0n) is 16.5. The zero-order chi connectivity index (χ0) is 20.6. The number of benzene rings is 2. The smallest absolute Gasteiger partial charge is 0.266 e. The summed E-state index contributed by atoms with van der Waals surface area (Å²) in [5, 5.41) is 3.30. The minimum Gasteiger partial charge on any atom is -0.484 e. The summed E-state index contributed by atoms with van der Waals surface area (Å²) in [7, 11) is 4.04. The first kappa shape index (κ1) is 21.3. The number of thiazole rings is 1. The molecule has 0 aliphatic heterocycles. The van der Waals surface area contributed by atoms with Crippen molar-refractivity contribution in [2.75, 3.05) is 38.7 Å². The monoisotopic (exact) mass is 429 g/mol. The van der Waals surface area contributed by atoms with Gasteiger partial charge in [-0.05, 0) is 51.3 Å². The quantitative estimate of drug-likeness (QED) is 0.489. The van der Waals surface area contributed by atoms with Crippen LogP contribution in [-0.4, -0.2) is 49.6 Å². The van der Waals surface area contributed by atoms with Crippen molar-refractivity contribution in [2.24, 2.45) is 0 Å². The van der Waals surface area contributed by atoms with Crippen LogP contribution < -0.4 is 9.64 Å². The van der Waals surface area contributed by atoms with Gasteiger partial charge in [-0.25, -0.2) is 4.98 Å². The highest BCUT2D eigenvalue weighted by Crippen LogP contribution is 2.28. The van der Waals surface area contributed by atoms with Gasteiger partial charge in [0.25, 0.3) is 5.91 Å². The van der Waals surface area contributed by atoms with Crippen molar-refractivity contribution >= 4 is 34.0 Å². The van der Waals surface area contributed by atoms with Gasteiger partial charge in [0.1, 0.15) is 5.75 Å². The fraction of sp³-hybridized carbons (Fsp3) is 0.273. The number of hydrogen-bond donors (Lipinski definition) is 0. The lowest BCUT2D eigenvalue weighted by Gasteiger charge is -2.21. The first-order valence-corrected chi connectivity index (χ1v) is 10.6. The average Bonchev–Trinajstić information content (AvgIpc) is 3.21. The van der Waals surface area contributed by atoms with E-state index in [1.54, 1.807) is 29.2 Å². The number of rotatable bonds is 9. The van der Waals surface area contributed by atoms with E-state index in [0.717, 1.165) is 24.2 Å². The molecule has 0 radical (unpaired) electrons. The molecule has 1 heterocycles. The van der Waals surface area contributed by atoms with Gasteiger partial charge in [0.2, 0.25) is 0 Å². The van der Waals surface area contributed by atoms with Crippen LogP contribution in [0.4, 0.5) is 5.13 Å². The minimum absolute atomic E-state index is 0.0517. The fourth-order valence-electron chi connectivity index (χ4n) is 2.76. The number of ether oxygens (including phenoxy) is 1. The summed E-state index contributed by atoms with van der Waals surface area (Å²) in [6.45, 7) is 1.42. The minimum atomic E-state index is -0.118. The van der Waals surface area contributed by atoms with Gasteiger partial charge in [0, 0.05) is 22.5 Å². The standard InChI is InChI=1S/C22H24ClN3O2S/c1-25(2)13-6-14-26(21(27)15-28-19-11-9-18(23)10-12-19)22-24-20(16-29-22)17-7-4-3-5-8-17/h3-5,7-12,16H,6,13-15H2,1-2H3. The Kier molecular flexibility index (Phi) is 7.63. The third-order valence-electron chi connectivity index (χ3n) is 4.26. The fourth-order valence-corrected chi connectivity index (χ4v) is 3.76. The van der Waals surface area contributed by atoms with E-state index in [2.05, 4.69) is 4.90 Å². The van der Waals surface area contributed by atoms with Crippen LogP contribution in [0.1, 0.15) is 6.42 Å². The molecule has 7 heteroatoms. The van der Waals surface area contributed by atoms with Crippen LogP contribution in [-0.2, 0) is 4.79 Å². The third-order valence-corrected chi connectivity index (χ3v) is 5.37. The number of nitrogens with zero attached hydrogens (tertiary/aromatic N) is 3. The van der Waals surface area contributed by atoms with Crippen LogP contribution in [0.25, 0.3) is 11.3 Å². The Hall–Kier alpha value is -2.41. The first-order chi connectivity index (χ1) is 14.0. The van der Waals surface area contributed by atoms with Crippen molar-refractivity contribution in [3.8, 4) is 17.0 Å². The second kappa shape index (κ2) is 10.4. The molecule has 0 unspecified atom stereocenters. The maximum absolute atomic E-state index is 12.9. The SMILES string of the molecule is CN(C)CCCN(C(=O)COc1ccc(Cl)cc1)c1nc(-c2ccccc2)cs1. The van der Waals surface area contributed by atoms with Crippen molar-refractivity contribution < 1.29 is 9.53 Å². The molecule has 0 saturated carbocycles. The number of halogens is 1. The Morgan fingerprint density at radius 1 is 1.07 bits per heavy atom. The molecule has 3 rings (SSSR count). The summed E-state index contributed by atoms with van der Waals surface area (Å²) >= 11 is 7.37. The summed E-state index contributed by atoms with van der Waals surface area (Å²) in [6, 6.07) is 16.9. The van der Waals surface area contributed by atoms with Crippen molar-refractivity contribution in [1.29, 1.82) is 0 Å². The van der Waals surface area contributed by atoms with Crippen molar-refractivity contribution in [3.05, 3.63) is 65.0 Å². The van der Waals surface area contributed by atoms with E-state index < -0.39 is 0 Å². The zero-order valence-corrected chi connectivity index (χ0v) is 18.1. The van der Waals surface area contributed by atoms with Gasteiger partial charge in [-0.1, -0.05) is 41.9 Å². The first-order valence-electron chi connectivity index (χ1n) is 9.37. The Balaban J connectivity index is 1.72. The van der Waals surface area contributed by atoms with E-state index in [4.69, 9.17) is 21.3 Å². The molecule has 1 aromatic heterocycles. The highest BCUT2D eigenvalue weighted by molar-refractivity contribution is 7.14. The Labute approximate surface area is 180 Å². The van der Waals surface area contributed by atoms with Crippen LogP contribution in [0.3, 0.4) is 0 Å². The topological polar surface area (TPSA) is 45.7 Å². The molecule has 3 aromatic rings. The number of carbonyl (C=O) groups is 1. The molecule has 0 fully saturated rings. The number of hydrogen-bond acceptors (Lipinski definition) is 5. The van der Waals surface area contributed by atoms with Crippen LogP contribution in [0.2, 0.25) is 5.02 Å². The molecule has 1 amide bonds. The van der Waals surface area contributed by atoms with E-state index in [-0.39, 0.29) is 12.5 Å². The van der Waals surface area contributed by atoms with E-state index in [9.17, 15) is 4.79 Å². The van der Waals surface area contributed by atoms with Crippen LogP contribution in [0.5, 0.6) is 5.75 Å². The summed E-state index contributed by atoms with van der Waals surface area (Å²) in [5.74, 6) is 0.493. The molecule has 0 saturated heterocycles. The molecule has 0 atom stereocenters. The van der Waals surface area contributed by atoms with Crippen molar-refractivity contribution in [1.82, 2.24) is 9.88 Å². The Morgan fingerprint density at radius 2 is 1.79 bits per heavy atom. The summed E-state index contributed by atoms with van der Waals surface area (Å²) in [4.78, 5) is 21.5. The second-order valence-corrected chi connectivity index (χ2v) is 8.10. The van der Waals surface area contributed by atoms with Crippen LogP contribution in [0, 0.1) is 0 Å². The molecule has 5 nitrogen and oxygen atoms in total. The van der Waals surface area contributed by atoms with Gasteiger partial charge in [0.15, 0.2) is 11.7 Å². The predicted molar refractivity (Wildman–Crippen MR) is 120 cm³/mol. The molecule has 0 aliphatic carbocycles. The van der Waals surface area contributed by atoms with Gasteiger partial charge in [-0.15, -0.1) is 11.3 Å². The summed E-state index contributed by atoms with van der Waals surface area (Å²) in [6.07, 6.45) is 0.847. The molecule has 152 valence electrons. The lowest BCUT2D eigenvalue weighted by Crippen LogP contribution is -2.36. The molecule has 29 heavy (non-hydrogen) atoms. The molecule has 0 bridgehead atoms. The van der Waals surface area contributed by atoms with Gasteiger partial charge in [-0.2, -0.15) is 0 Å². The van der Waals surface area contributed by atoms with Crippen LogP contribution >= 0.6 is 22.9 Å². The van der Waals surface area contributed by atoms with Gasteiger partial charge in [-0.3, -0.25) is 9.69 Å². The summed E-state index contributed by atoms with van der Waals surface area (Å²) in [5.41, 5.74) is 1.91. The number of aromatic nitrogens is 1. The van der Waals surface area contributed by atoms with Crippen LogP contribution in [0.15, 0.2) is 60.0 Å². The second-order valence-electron chi connectivity index (χ2n) is 6.83. The molecule has 2 aromatic carbocycles. The molecular formula is C22H24ClN3O2S. The third kappa shape index (κ3) is 6.29. The molecule has 0 N–H and O–H groups in total. The highest BCUT2D eigenvalue weighted by atomic mass is 35.5. The van der Waals surface area contributed by atoms with Crippen molar-refractivity contribution in [2.45, 2.75) is 6.42 Å². The normalized spacial score (nSPS) is 10.9. The van der Waals surface area contributed by atoms with Crippen molar-refractivity contribution in [3.63, 3.8) is 0 Å².